The van der Waals surface area contributed by atoms with Crippen molar-refractivity contribution in [3.8, 4) is 28.5 Å². The van der Waals surface area contributed by atoms with E-state index in [1.165, 1.54) is 5.69 Å². The highest BCUT2D eigenvalue weighted by Gasteiger charge is 2.22. The molecule has 2 aliphatic rings. The van der Waals surface area contributed by atoms with Crippen molar-refractivity contribution in [3.63, 3.8) is 0 Å². The second kappa shape index (κ2) is 10.0. The summed E-state index contributed by atoms with van der Waals surface area (Å²) in [7, 11) is 3.96. The maximum absolute atomic E-state index is 6.23. The van der Waals surface area contributed by atoms with Crippen LogP contribution in [0.4, 0.5) is 11.6 Å². The van der Waals surface area contributed by atoms with Crippen LogP contribution in [0.5, 0.6) is 5.88 Å². The molecule has 7 rings (SSSR count). The fourth-order valence-corrected chi connectivity index (χ4v) is 5.42. The number of nitrogens with zero attached hydrogens (tertiary/aromatic N) is 9. The van der Waals surface area contributed by atoms with E-state index in [1.54, 1.807) is 17.1 Å². The Balaban J connectivity index is 1.28. The number of fused-ring (bicyclic) bond motifs is 5. The first-order chi connectivity index (χ1) is 19.5. The van der Waals surface area contributed by atoms with E-state index in [-0.39, 0.29) is 6.04 Å². The summed E-state index contributed by atoms with van der Waals surface area (Å²) < 4.78 is 17.8. The van der Waals surface area contributed by atoms with Crippen LogP contribution in [0.15, 0.2) is 43.0 Å². The molecule has 0 aromatic carbocycles. The molecule has 1 saturated heterocycles. The van der Waals surface area contributed by atoms with Crippen molar-refractivity contribution >= 4 is 22.5 Å². The van der Waals surface area contributed by atoms with Crippen LogP contribution in [0.25, 0.3) is 33.5 Å². The zero-order chi connectivity index (χ0) is 27.2. The topological polar surface area (TPSA) is 113 Å². The van der Waals surface area contributed by atoms with E-state index in [0.29, 0.717) is 29.9 Å². The van der Waals surface area contributed by atoms with E-state index >= 15 is 0 Å². The van der Waals surface area contributed by atoms with E-state index in [2.05, 4.69) is 55.8 Å². The number of hydrogen-bond donors (Lipinski definition) is 1. The Morgan fingerprint density at radius 1 is 1.05 bits per heavy atom. The summed E-state index contributed by atoms with van der Waals surface area (Å²) in [6.07, 6.45) is 8.28. The van der Waals surface area contributed by atoms with Gasteiger partial charge in [-0.1, -0.05) is 0 Å². The van der Waals surface area contributed by atoms with Gasteiger partial charge in [0.25, 0.3) is 0 Å². The van der Waals surface area contributed by atoms with Crippen LogP contribution in [0.1, 0.15) is 25.1 Å². The van der Waals surface area contributed by atoms with E-state index in [0.717, 1.165) is 67.0 Å². The summed E-state index contributed by atoms with van der Waals surface area (Å²) >= 11 is 0. The number of hydrogen-bond acceptors (Lipinski definition) is 9. The highest BCUT2D eigenvalue weighted by atomic mass is 16.5. The molecule has 0 saturated carbocycles. The molecule has 0 unspecified atom stereocenters. The lowest BCUT2D eigenvalue weighted by Gasteiger charge is -2.26. The van der Waals surface area contributed by atoms with Gasteiger partial charge < -0.3 is 19.4 Å². The maximum Gasteiger partial charge on any atom is 0.222 e. The van der Waals surface area contributed by atoms with Gasteiger partial charge in [-0.3, -0.25) is 9.58 Å². The number of aryl methyl sites for hydroxylation is 2. The van der Waals surface area contributed by atoms with E-state index < -0.39 is 0 Å². The van der Waals surface area contributed by atoms with Gasteiger partial charge in [0.2, 0.25) is 5.88 Å². The Hall–Kier alpha value is -4.29. The molecule has 12 nitrogen and oxygen atoms in total. The van der Waals surface area contributed by atoms with Gasteiger partial charge in [-0.25, -0.2) is 19.6 Å². The van der Waals surface area contributed by atoms with Crippen molar-refractivity contribution < 1.29 is 9.47 Å². The van der Waals surface area contributed by atoms with Crippen LogP contribution in [-0.4, -0.2) is 76.9 Å². The maximum atomic E-state index is 6.23. The van der Waals surface area contributed by atoms with Crippen molar-refractivity contribution in [2.75, 3.05) is 38.2 Å². The van der Waals surface area contributed by atoms with Crippen LogP contribution in [0, 0.1) is 0 Å². The third kappa shape index (κ3) is 4.48. The first kappa shape index (κ1) is 24.7. The second-order valence-corrected chi connectivity index (χ2v) is 10.5. The largest absolute Gasteiger partial charge is 0.477 e. The summed E-state index contributed by atoms with van der Waals surface area (Å²) in [5.74, 6) is 2.52. The molecular formula is C28H32N10O2. The number of nitrogens with one attached hydrogen (secondary N) is 1. The number of pyridine rings is 1. The van der Waals surface area contributed by atoms with Crippen molar-refractivity contribution in [2.24, 2.45) is 14.1 Å². The lowest BCUT2D eigenvalue weighted by atomic mass is 10.1. The molecule has 0 radical (unpaired) electrons. The Bertz CT molecular complexity index is 1680. The standard InChI is InChI=1S/C28H32N10O2/c1-18-5-9-40-28-22(15-31-36(28)3)27-29-6-4-24(33-27)32-25-13-23-21(14-30-25)26(34-38(18)23)19-12-20(35(2)16-19)17-37-7-10-39-11-8-37/h4,6,12-16,18H,5,7-11,17H2,1-3H3,(H,29,30,32,33)/t18-/m0/s1. The molecule has 7 heterocycles. The fraction of sp³-hybridized carbons (Fsp3) is 0.393. The normalized spacial score (nSPS) is 17.8. The van der Waals surface area contributed by atoms with Crippen LogP contribution < -0.4 is 10.1 Å². The first-order valence-corrected chi connectivity index (χ1v) is 13.6. The van der Waals surface area contributed by atoms with E-state index in [9.17, 15) is 0 Å². The SMILES string of the molecule is C[C@H]1CCOc2c(cnn2C)-c2nccc(n2)Nc2cc3c(cn2)c(-c2cc(CN4CCOCC4)n(C)c2)nn31. The molecule has 0 aliphatic carbocycles. The highest BCUT2D eigenvalue weighted by molar-refractivity contribution is 5.94. The van der Waals surface area contributed by atoms with Crippen LogP contribution in [0.3, 0.4) is 0 Å². The lowest BCUT2D eigenvalue weighted by molar-refractivity contribution is 0.0333. The molecule has 206 valence electrons. The van der Waals surface area contributed by atoms with Crippen molar-refractivity contribution in [1.82, 2.24) is 44.0 Å². The molecule has 1 N–H and O–H groups in total. The second-order valence-electron chi connectivity index (χ2n) is 10.5. The zero-order valence-electron chi connectivity index (χ0n) is 22.9. The predicted molar refractivity (Wildman–Crippen MR) is 150 cm³/mol. The minimum absolute atomic E-state index is 0.0803. The molecule has 4 bridgehead atoms. The fourth-order valence-electron chi connectivity index (χ4n) is 5.42. The van der Waals surface area contributed by atoms with E-state index in [4.69, 9.17) is 24.5 Å². The molecule has 1 fully saturated rings. The van der Waals surface area contributed by atoms with Gasteiger partial charge in [-0.2, -0.15) is 10.2 Å². The number of aromatic nitrogens is 8. The lowest BCUT2D eigenvalue weighted by Crippen LogP contribution is -2.36. The molecule has 12 heteroatoms. The Kier molecular flexibility index (Phi) is 6.20. The first-order valence-electron chi connectivity index (χ1n) is 13.6. The van der Waals surface area contributed by atoms with Crippen LogP contribution >= 0.6 is 0 Å². The van der Waals surface area contributed by atoms with Crippen LogP contribution in [-0.2, 0) is 25.4 Å². The number of rotatable bonds is 3. The van der Waals surface area contributed by atoms with E-state index in [1.807, 2.05) is 25.4 Å². The third-order valence-corrected chi connectivity index (χ3v) is 7.69. The molecule has 40 heavy (non-hydrogen) atoms. The quantitative estimate of drug-likeness (QED) is 0.367. The monoisotopic (exact) mass is 540 g/mol. The highest BCUT2D eigenvalue weighted by Crippen LogP contribution is 2.34. The third-order valence-electron chi connectivity index (χ3n) is 7.69. The van der Waals surface area contributed by atoms with Gasteiger partial charge in [0.05, 0.1) is 37.6 Å². The molecule has 2 aliphatic heterocycles. The minimum atomic E-state index is 0.0803. The number of morpholine rings is 1. The Morgan fingerprint density at radius 2 is 1.93 bits per heavy atom. The molecule has 5 aromatic heterocycles. The van der Waals surface area contributed by atoms with Crippen LogP contribution in [0.2, 0.25) is 0 Å². The molecule has 5 aromatic rings. The van der Waals surface area contributed by atoms with Crippen molar-refractivity contribution in [1.29, 1.82) is 0 Å². The van der Waals surface area contributed by atoms with Gasteiger partial charge in [0.1, 0.15) is 22.9 Å². The summed E-state index contributed by atoms with van der Waals surface area (Å²) in [5, 5.41) is 13.9. The Labute approximate surface area is 231 Å². The summed E-state index contributed by atoms with van der Waals surface area (Å²) in [6.45, 7) is 7.02. The predicted octanol–water partition coefficient (Wildman–Crippen LogP) is 3.55. The molecule has 1 atom stereocenters. The molecule has 0 spiro atoms. The summed E-state index contributed by atoms with van der Waals surface area (Å²) in [6, 6.07) is 6.20. The average Bonchev–Trinajstić information content (AvgIpc) is 3.64. The Morgan fingerprint density at radius 3 is 2.80 bits per heavy atom. The minimum Gasteiger partial charge on any atom is -0.477 e. The van der Waals surface area contributed by atoms with Gasteiger partial charge in [0.15, 0.2) is 5.82 Å². The van der Waals surface area contributed by atoms with Gasteiger partial charge in [-0.15, -0.1) is 0 Å². The average molecular weight is 541 g/mol. The van der Waals surface area contributed by atoms with Gasteiger partial charge in [-0.05, 0) is 19.1 Å². The summed E-state index contributed by atoms with van der Waals surface area (Å²) in [5.41, 5.74) is 5.01. The van der Waals surface area contributed by atoms with Gasteiger partial charge >= 0.3 is 0 Å². The zero-order valence-corrected chi connectivity index (χ0v) is 22.9. The number of ether oxygens (including phenoxy) is 2. The molecule has 0 amide bonds. The summed E-state index contributed by atoms with van der Waals surface area (Å²) in [4.78, 5) is 16.4. The molecular weight excluding hydrogens is 508 g/mol. The van der Waals surface area contributed by atoms with Crippen molar-refractivity contribution in [2.45, 2.75) is 25.9 Å². The smallest absolute Gasteiger partial charge is 0.222 e. The van der Waals surface area contributed by atoms with Crippen molar-refractivity contribution in [3.05, 3.63) is 48.7 Å². The van der Waals surface area contributed by atoms with Gasteiger partial charge in [0, 0.05) is 81.5 Å². The number of anilines is 2.